The highest BCUT2D eigenvalue weighted by molar-refractivity contribution is 5.91. The van der Waals surface area contributed by atoms with Crippen LogP contribution in [0.4, 0.5) is 0 Å². The summed E-state index contributed by atoms with van der Waals surface area (Å²) in [4.78, 5) is 8.45. The van der Waals surface area contributed by atoms with E-state index in [0.29, 0.717) is 0 Å². The third-order valence-corrected chi connectivity index (χ3v) is 2.30. The number of hydrogen-bond donors (Lipinski definition) is 1. The largest absolute Gasteiger partial charge is 0.277 e. The maximum atomic E-state index is 4.29. The van der Waals surface area contributed by atoms with Crippen molar-refractivity contribution in [2.24, 2.45) is 0 Å². The number of fused-ring (bicyclic) bond motifs is 1. The molecule has 1 N–H and O–H groups in total. The molecule has 4 heteroatoms. The van der Waals surface area contributed by atoms with Crippen molar-refractivity contribution in [2.45, 2.75) is 0 Å². The molecule has 15 heavy (non-hydrogen) atoms. The highest BCUT2D eigenvalue weighted by Gasteiger charge is 2.05. The predicted octanol–water partition coefficient (Wildman–Crippen LogP) is 2.02. The van der Waals surface area contributed by atoms with E-state index in [4.69, 9.17) is 0 Å². The van der Waals surface area contributed by atoms with Gasteiger partial charge in [0.25, 0.3) is 0 Å². The minimum Gasteiger partial charge on any atom is -0.277 e. The number of nitrogens with zero attached hydrogens (tertiary/aromatic N) is 3. The molecule has 0 radical (unpaired) electrons. The Labute approximate surface area is 86.0 Å². The molecule has 0 saturated heterocycles. The van der Waals surface area contributed by atoms with Crippen LogP contribution in [0.2, 0.25) is 0 Å². The Morgan fingerprint density at radius 1 is 1.07 bits per heavy atom. The van der Waals surface area contributed by atoms with Crippen LogP contribution in [0.1, 0.15) is 0 Å². The van der Waals surface area contributed by atoms with Gasteiger partial charge in [-0.3, -0.25) is 15.1 Å². The fourth-order valence-electron chi connectivity index (χ4n) is 1.58. The van der Waals surface area contributed by atoms with E-state index in [1.165, 1.54) is 0 Å². The maximum Gasteiger partial charge on any atom is 0.0775 e. The fourth-order valence-corrected chi connectivity index (χ4v) is 1.58. The lowest BCUT2D eigenvalue weighted by Gasteiger charge is -2.00. The Balaban J connectivity index is 2.31. The quantitative estimate of drug-likeness (QED) is 0.647. The normalized spacial score (nSPS) is 10.7. The van der Waals surface area contributed by atoms with Gasteiger partial charge in [-0.25, -0.2) is 0 Å². The lowest BCUT2D eigenvalue weighted by molar-refractivity contribution is 1.12. The number of aromatic nitrogens is 4. The third kappa shape index (κ3) is 1.27. The summed E-state index contributed by atoms with van der Waals surface area (Å²) in [5.41, 5.74) is 2.86. The summed E-state index contributed by atoms with van der Waals surface area (Å²) in [5.74, 6) is 0. The Morgan fingerprint density at radius 2 is 2.07 bits per heavy atom. The number of aromatic amines is 1. The second-order valence-electron chi connectivity index (χ2n) is 3.24. The number of H-pyrrole nitrogens is 1. The van der Waals surface area contributed by atoms with Crippen LogP contribution in [0.3, 0.4) is 0 Å². The van der Waals surface area contributed by atoms with Crippen LogP contribution >= 0.6 is 0 Å². The molecule has 3 rings (SSSR count). The SMILES string of the molecule is c1ccc(-c2cncc3cn[nH]c23)nc1. The maximum absolute atomic E-state index is 4.29. The Kier molecular flexibility index (Phi) is 1.71. The second kappa shape index (κ2) is 3.16. The van der Waals surface area contributed by atoms with Crippen LogP contribution in [0.15, 0.2) is 43.0 Å². The first-order chi connectivity index (χ1) is 7.45. The molecule has 0 aromatic carbocycles. The van der Waals surface area contributed by atoms with E-state index in [-0.39, 0.29) is 0 Å². The average Bonchev–Trinajstić information content (AvgIpc) is 2.78. The van der Waals surface area contributed by atoms with E-state index >= 15 is 0 Å². The van der Waals surface area contributed by atoms with Crippen LogP contribution < -0.4 is 0 Å². The zero-order chi connectivity index (χ0) is 10.1. The van der Waals surface area contributed by atoms with E-state index in [0.717, 1.165) is 22.2 Å². The van der Waals surface area contributed by atoms with Crippen molar-refractivity contribution >= 4 is 10.9 Å². The molecule has 0 aliphatic rings. The van der Waals surface area contributed by atoms with Crippen molar-refractivity contribution in [3.8, 4) is 11.3 Å². The van der Waals surface area contributed by atoms with Crippen molar-refractivity contribution < 1.29 is 0 Å². The average molecular weight is 196 g/mol. The van der Waals surface area contributed by atoms with Crippen molar-refractivity contribution in [1.29, 1.82) is 0 Å². The van der Waals surface area contributed by atoms with Crippen molar-refractivity contribution in [2.75, 3.05) is 0 Å². The Morgan fingerprint density at radius 3 is 2.93 bits per heavy atom. The molecule has 0 unspecified atom stereocenters. The summed E-state index contributed by atoms with van der Waals surface area (Å²) in [6.07, 6.45) is 7.10. The van der Waals surface area contributed by atoms with Gasteiger partial charge in [-0.05, 0) is 12.1 Å². The highest BCUT2D eigenvalue weighted by atomic mass is 15.1. The summed E-state index contributed by atoms with van der Waals surface area (Å²) in [6.45, 7) is 0. The molecular formula is C11H8N4. The van der Waals surface area contributed by atoms with Crippen molar-refractivity contribution in [1.82, 2.24) is 20.2 Å². The molecule has 3 heterocycles. The van der Waals surface area contributed by atoms with Crippen molar-refractivity contribution in [3.63, 3.8) is 0 Å². The first kappa shape index (κ1) is 8.11. The van der Waals surface area contributed by atoms with Crippen LogP contribution in [-0.2, 0) is 0 Å². The Hall–Kier alpha value is -2.23. The highest BCUT2D eigenvalue weighted by Crippen LogP contribution is 2.23. The van der Waals surface area contributed by atoms with Gasteiger partial charge >= 0.3 is 0 Å². The number of rotatable bonds is 1. The van der Waals surface area contributed by atoms with E-state index in [1.54, 1.807) is 24.8 Å². The van der Waals surface area contributed by atoms with Crippen LogP contribution in [0.25, 0.3) is 22.2 Å². The zero-order valence-electron chi connectivity index (χ0n) is 7.88. The van der Waals surface area contributed by atoms with Crippen molar-refractivity contribution in [3.05, 3.63) is 43.0 Å². The second-order valence-corrected chi connectivity index (χ2v) is 3.24. The molecular weight excluding hydrogens is 188 g/mol. The van der Waals surface area contributed by atoms with E-state index < -0.39 is 0 Å². The van der Waals surface area contributed by atoms with Gasteiger partial charge in [0.2, 0.25) is 0 Å². The van der Waals surface area contributed by atoms with Gasteiger partial charge in [-0.1, -0.05) is 6.07 Å². The Bertz CT molecular complexity index is 586. The van der Waals surface area contributed by atoms with Gasteiger partial charge in [-0.15, -0.1) is 0 Å². The molecule has 0 aliphatic heterocycles. The standard InChI is InChI=1S/C11H8N4/c1-2-4-13-10(3-1)9-7-12-5-8-6-14-15-11(8)9/h1-7H,(H,14,15). The molecule has 0 spiro atoms. The van der Waals surface area contributed by atoms with Crippen LogP contribution in [0, 0.1) is 0 Å². The minimum atomic E-state index is 0.903. The molecule has 0 aliphatic carbocycles. The predicted molar refractivity (Wildman–Crippen MR) is 57.1 cm³/mol. The molecule has 0 atom stereocenters. The minimum absolute atomic E-state index is 0.903. The van der Waals surface area contributed by atoms with E-state index in [2.05, 4.69) is 20.2 Å². The lowest BCUT2D eigenvalue weighted by atomic mass is 10.1. The molecule has 4 nitrogen and oxygen atoms in total. The number of nitrogens with one attached hydrogen (secondary N) is 1. The summed E-state index contributed by atoms with van der Waals surface area (Å²) >= 11 is 0. The van der Waals surface area contributed by atoms with Gasteiger partial charge in [0.05, 0.1) is 17.4 Å². The molecule has 3 aromatic rings. The van der Waals surface area contributed by atoms with Gasteiger partial charge in [0.15, 0.2) is 0 Å². The number of hydrogen-bond acceptors (Lipinski definition) is 3. The lowest BCUT2D eigenvalue weighted by Crippen LogP contribution is -1.85. The number of pyridine rings is 2. The van der Waals surface area contributed by atoms with Gasteiger partial charge in [-0.2, -0.15) is 5.10 Å². The molecule has 0 fully saturated rings. The summed E-state index contributed by atoms with van der Waals surface area (Å²) in [6, 6.07) is 5.80. The monoisotopic (exact) mass is 196 g/mol. The van der Waals surface area contributed by atoms with E-state index in [9.17, 15) is 0 Å². The first-order valence-electron chi connectivity index (χ1n) is 4.63. The molecule has 0 saturated carbocycles. The van der Waals surface area contributed by atoms with E-state index in [1.807, 2.05) is 18.2 Å². The zero-order valence-corrected chi connectivity index (χ0v) is 7.88. The summed E-state index contributed by atoms with van der Waals surface area (Å²) in [5, 5.41) is 7.95. The third-order valence-electron chi connectivity index (χ3n) is 2.30. The van der Waals surface area contributed by atoms with Gasteiger partial charge in [0.1, 0.15) is 0 Å². The summed E-state index contributed by atoms with van der Waals surface area (Å²) in [7, 11) is 0. The van der Waals surface area contributed by atoms with Crippen LogP contribution in [0.5, 0.6) is 0 Å². The van der Waals surface area contributed by atoms with Gasteiger partial charge < -0.3 is 0 Å². The van der Waals surface area contributed by atoms with Crippen LogP contribution in [-0.4, -0.2) is 20.2 Å². The first-order valence-corrected chi connectivity index (χ1v) is 4.63. The topological polar surface area (TPSA) is 54.5 Å². The fraction of sp³-hybridized carbons (Fsp3) is 0. The summed E-state index contributed by atoms with van der Waals surface area (Å²) < 4.78 is 0. The molecule has 3 aromatic heterocycles. The molecule has 72 valence electrons. The smallest absolute Gasteiger partial charge is 0.0775 e. The molecule has 0 amide bonds. The van der Waals surface area contributed by atoms with Gasteiger partial charge in [0, 0.05) is 29.5 Å². The molecule has 0 bridgehead atoms.